The Bertz CT molecular complexity index is 767. The van der Waals surface area contributed by atoms with Crippen LogP contribution >= 0.6 is 12.4 Å². The molecule has 0 bridgehead atoms. The quantitative estimate of drug-likeness (QED) is 0.606. The molecule has 0 atom stereocenters. The Morgan fingerprint density at radius 3 is 2.71 bits per heavy atom. The third-order valence-corrected chi connectivity index (χ3v) is 4.00. The number of methoxy groups -OCH3 is 1. The van der Waals surface area contributed by atoms with Crippen LogP contribution in [-0.4, -0.2) is 50.6 Å². The maximum atomic E-state index is 12.3. The van der Waals surface area contributed by atoms with Gasteiger partial charge in [0.05, 0.1) is 20.3 Å². The van der Waals surface area contributed by atoms with E-state index < -0.39 is 5.63 Å². The van der Waals surface area contributed by atoms with Gasteiger partial charge < -0.3 is 13.9 Å². The van der Waals surface area contributed by atoms with Gasteiger partial charge >= 0.3 is 5.63 Å². The van der Waals surface area contributed by atoms with Crippen molar-refractivity contribution in [2.45, 2.75) is 6.42 Å². The molecular formula is C17H20ClNO5. The van der Waals surface area contributed by atoms with E-state index in [0.29, 0.717) is 42.9 Å². The summed E-state index contributed by atoms with van der Waals surface area (Å²) in [5.41, 5.74) is -0.0762. The summed E-state index contributed by atoms with van der Waals surface area (Å²) in [6.07, 6.45) is 0.298. The minimum absolute atomic E-state index is 0. The highest BCUT2D eigenvalue weighted by molar-refractivity contribution is 5.98. The fourth-order valence-corrected chi connectivity index (χ4v) is 2.63. The van der Waals surface area contributed by atoms with Crippen molar-refractivity contribution in [3.05, 3.63) is 40.2 Å². The predicted octanol–water partition coefficient (Wildman–Crippen LogP) is 2.13. The van der Waals surface area contributed by atoms with Crippen molar-refractivity contribution < 1.29 is 18.7 Å². The molecule has 130 valence electrons. The molecule has 0 amide bonds. The molecule has 2 aromatic rings. The maximum absolute atomic E-state index is 12.3. The first-order valence-electron chi connectivity index (χ1n) is 7.62. The van der Waals surface area contributed by atoms with E-state index in [4.69, 9.17) is 13.9 Å². The summed E-state index contributed by atoms with van der Waals surface area (Å²) >= 11 is 0. The molecule has 0 aliphatic carbocycles. The maximum Gasteiger partial charge on any atom is 0.347 e. The van der Waals surface area contributed by atoms with E-state index >= 15 is 0 Å². The van der Waals surface area contributed by atoms with Gasteiger partial charge in [0.15, 0.2) is 5.78 Å². The van der Waals surface area contributed by atoms with Crippen LogP contribution in [0.15, 0.2) is 33.5 Å². The van der Waals surface area contributed by atoms with E-state index in [1.165, 1.54) is 0 Å². The van der Waals surface area contributed by atoms with Gasteiger partial charge in [0, 0.05) is 37.5 Å². The lowest BCUT2D eigenvalue weighted by atomic mass is 10.1. The molecule has 1 aliphatic rings. The van der Waals surface area contributed by atoms with Gasteiger partial charge in [0.2, 0.25) is 0 Å². The number of Topliss-reactive ketones (excluding diaryl/α,β-unsaturated/α-hetero) is 1. The molecule has 0 spiro atoms. The molecule has 6 nitrogen and oxygen atoms in total. The molecule has 3 rings (SSSR count). The van der Waals surface area contributed by atoms with Crippen LogP contribution in [-0.2, 0) is 4.74 Å². The van der Waals surface area contributed by atoms with Gasteiger partial charge in [-0.05, 0) is 18.2 Å². The summed E-state index contributed by atoms with van der Waals surface area (Å²) in [6.45, 7) is 3.64. The number of fused-ring (bicyclic) bond motifs is 1. The van der Waals surface area contributed by atoms with Crippen LogP contribution in [0, 0.1) is 0 Å². The fraction of sp³-hybridized carbons (Fsp3) is 0.412. The molecule has 24 heavy (non-hydrogen) atoms. The van der Waals surface area contributed by atoms with Crippen molar-refractivity contribution in [3.8, 4) is 5.75 Å². The number of hydrogen-bond acceptors (Lipinski definition) is 6. The number of rotatable bonds is 5. The molecule has 0 unspecified atom stereocenters. The number of halogens is 1. The monoisotopic (exact) mass is 353 g/mol. The number of carbonyl (C=O) groups excluding carboxylic acids is 1. The van der Waals surface area contributed by atoms with Gasteiger partial charge in [0.1, 0.15) is 16.9 Å². The zero-order valence-electron chi connectivity index (χ0n) is 13.4. The van der Waals surface area contributed by atoms with Crippen molar-refractivity contribution in [3.63, 3.8) is 0 Å². The highest BCUT2D eigenvalue weighted by Gasteiger charge is 2.17. The van der Waals surface area contributed by atoms with E-state index in [9.17, 15) is 9.59 Å². The number of nitrogens with zero attached hydrogens (tertiary/aromatic N) is 1. The Kier molecular flexibility index (Phi) is 6.36. The Balaban J connectivity index is 0.00000208. The van der Waals surface area contributed by atoms with Crippen molar-refractivity contribution in [1.29, 1.82) is 0 Å². The summed E-state index contributed by atoms with van der Waals surface area (Å²) in [7, 11) is 1.54. The van der Waals surface area contributed by atoms with E-state index in [-0.39, 0.29) is 23.8 Å². The summed E-state index contributed by atoms with van der Waals surface area (Å²) in [5, 5.41) is 0.708. The lowest BCUT2D eigenvalue weighted by Gasteiger charge is -2.26. The molecule has 0 N–H and O–H groups in total. The summed E-state index contributed by atoms with van der Waals surface area (Å²) < 4.78 is 15.6. The number of hydrogen-bond donors (Lipinski definition) is 0. The molecule has 1 fully saturated rings. The molecule has 1 aromatic carbocycles. The second-order valence-corrected chi connectivity index (χ2v) is 5.48. The van der Waals surface area contributed by atoms with Crippen LogP contribution < -0.4 is 10.4 Å². The second-order valence-electron chi connectivity index (χ2n) is 5.48. The van der Waals surface area contributed by atoms with Gasteiger partial charge in [0.25, 0.3) is 0 Å². The predicted molar refractivity (Wildman–Crippen MR) is 92.5 cm³/mol. The molecule has 1 aromatic heterocycles. The Morgan fingerprint density at radius 2 is 2.00 bits per heavy atom. The molecule has 0 saturated carbocycles. The third-order valence-electron chi connectivity index (χ3n) is 4.00. The van der Waals surface area contributed by atoms with Gasteiger partial charge in [-0.15, -0.1) is 12.4 Å². The molecule has 7 heteroatoms. The van der Waals surface area contributed by atoms with E-state index in [1.54, 1.807) is 31.4 Å². The van der Waals surface area contributed by atoms with Gasteiger partial charge in [-0.25, -0.2) is 4.79 Å². The molecular weight excluding hydrogens is 334 g/mol. The van der Waals surface area contributed by atoms with Crippen LogP contribution in [0.2, 0.25) is 0 Å². The highest BCUT2D eigenvalue weighted by atomic mass is 35.5. The number of morpholine rings is 1. The molecule has 2 heterocycles. The van der Waals surface area contributed by atoms with Crippen molar-refractivity contribution in [2.24, 2.45) is 0 Å². The van der Waals surface area contributed by atoms with E-state index in [0.717, 1.165) is 13.1 Å². The SMILES string of the molecule is COc1ccc2cc(C(=O)CCN3CCOCC3)c(=O)oc2c1.Cl. The van der Waals surface area contributed by atoms with Crippen LogP contribution in [0.4, 0.5) is 0 Å². The first kappa shape index (κ1) is 18.4. The normalized spacial score (nSPS) is 15.0. The molecule has 1 saturated heterocycles. The highest BCUT2D eigenvalue weighted by Crippen LogP contribution is 2.20. The van der Waals surface area contributed by atoms with Crippen LogP contribution in [0.25, 0.3) is 11.0 Å². The van der Waals surface area contributed by atoms with Crippen LogP contribution in [0.5, 0.6) is 5.75 Å². The van der Waals surface area contributed by atoms with Crippen LogP contribution in [0.1, 0.15) is 16.8 Å². The number of carbonyl (C=O) groups is 1. The summed E-state index contributed by atoms with van der Waals surface area (Å²) in [5.74, 6) is 0.412. The van der Waals surface area contributed by atoms with E-state index in [1.807, 2.05) is 0 Å². The summed E-state index contributed by atoms with van der Waals surface area (Å²) in [4.78, 5) is 26.6. The molecule has 1 aliphatic heterocycles. The minimum atomic E-state index is -0.599. The zero-order chi connectivity index (χ0) is 16.2. The number of ether oxygens (including phenoxy) is 2. The van der Waals surface area contributed by atoms with Gasteiger partial charge in [-0.1, -0.05) is 0 Å². The topological polar surface area (TPSA) is 69.0 Å². The average Bonchev–Trinajstić information content (AvgIpc) is 2.59. The van der Waals surface area contributed by atoms with Crippen molar-refractivity contribution in [2.75, 3.05) is 40.0 Å². The Hall–Kier alpha value is -1.89. The smallest absolute Gasteiger partial charge is 0.347 e. The van der Waals surface area contributed by atoms with Gasteiger partial charge in [-0.2, -0.15) is 0 Å². The Morgan fingerprint density at radius 1 is 1.25 bits per heavy atom. The van der Waals surface area contributed by atoms with Crippen molar-refractivity contribution in [1.82, 2.24) is 4.90 Å². The lowest BCUT2D eigenvalue weighted by molar-refractivity contribution is 0.0370. The second kappa shape index (κ2) is 8.28. The van der Waals surface area contributed by atoms with Gasteiger partial charge in [-0.3, -0.25) is 9.69 Å². The largest absolute Gasteiger partial charge is 0.497 e. The Labute approximate surface area is 145 Å². The standard InChI is InChI=1S/C17H19NO5.ClH/c1-21-13-3-2-12-10-14(17(20)23-16(12)11-13)15(19)4-5-18-6-8-22-9-7-18;/h2-3,10-11H,4-9H2,1H3;1H. The zero-order valence-corrected chi connectivity index (χ0v) is 14.3. The third kappa shape index (κ3) is 4.14. The molecule has 0 radical (unpaired) electrons. The fourth-order valence-electron chi connectivity index (χ4n) is 2.63. The number of ketones is 1. The lowest BCUT2D eigenvalue weighted by Crippen LogP contribution is -2.37. The first-order valence-corrected chi connectivity index (χ1v) is 7.62. The minimum Gasteiger partial charge on any atom is -0.497 e. The van der Waals surface area contributed by atoms with Crippen LogP contribution in [0.3, 0.4) is 0 Å². The summed E-state index contributed by atoms with van der Waals surface area (Å²) in [6, 6.07) is 6.78. The average molecular weight is 354 g/mol. The van der Waals surface area contributed by atoms with Crippen molar-refractivity contribution >= 4 is 29.2 Å². The van der Waals surface area contributed by atoms with E-state index in [2.05, 4.69) is 4.90 Å². The number of benzene rings is 1. The first-order chi connectivity index (χ1) is 11.2.